The van der Waals surface area contributed by atoms with Crippen molar-refractivity contribution in [3.05, 3.63) is 65.7 Å². The molecule has 1 aliphatic rings. The summed E-state index contributed by atoms with van der Waals surface area (Å²) in [6.45, 7) is 0.444. The molecule has 6 heteroatoms. The Morgan fingerprint density at radius 3 is 2.48 bits per heavy atom. The molecule has 2 aromatic rings. The molecule has 0 spiro atoms. The highest BCUT2D eigenvalue weighted by atomic mass is 16.5. The van der Waals surface area contributed by atoms with Gasteiger partial charge in [0.15, 0.2) is 0 Å². The monoisotopic (exact) mass is 393 g/mol. The van der Waals surface area contributed by atoms with Gasteiger partial charge in [-0.15, -0.1) is 0 Å². The van der Waals surface area contributed by atoms with E-state index in [2.05, 4.69) is 15.8 Å². The van der Waals surface area contributed by atoms with Crippen molar-refractivity contribution < 1.29 is 14.3 Å². The fourth-order valence-electron chi connectivity index (χ4n) is 3.34. The van der Waals surface area contributed by atoms with Crippen LogP contribution in [0.3, 0.4) is 0 Å². The molecule has 0 atom stereocenters. The zero-order chi connectivity index (χ0) is 20.3. The van der Waals surface area contributed by atoms with Crippen molar-refractivity contribution in [2.45, 2.75) is 51.2 Å². The topological polar surface area (TPSA) is 79.8 Å². The van der Waals surface area contributed by atoms with Crippen LogP contribution in [-0.4, -0.2) is 24.1 Å². The van der Waals surface area contributed by atoms with E-state index in [1.165, 1.54) is 12.6 Å². The Labute approximate surface area is 171 Å². The van der Waals surface area contributed by atoms with E-state index in [0.717, 1.165) is 36.8 Å². The average Bonchev–Trinajstić information content (AvgIpc) is 2.74. The molecule has 0 saturated heterocycles. The number of hydrazone groups is 1. The SMILES string of the molecule is O=C(CC(=O)NC1CCCCC1)NN=Cc1ccccc1OCc1ccccc1. The molecule has 0 bridgehead atoms. The van der Waals surface area contributed by atoms with E-state index in [-0.39, 0.29) is 18.4 Å². The smallest absolute Gasteiger partial charge is 0.249 e. The summed E-state index contributed by atoms with van der Waals surface area (Å²) in [5.41, 5.74) is 4.23. The van der Waals surface area contributed by atoms with E-state index in [9.17, 15) is 9.59 Å². The van der Waals surface area contributed by atoms with Crippen molar-refractivity contribution in [3.63, 3.8) is 0 Å². The van der Waals surface area contributed by atoms with Gasteiger partial charge < -0.3 is 10.1 Å². The molecule has 0 unspecified atom stereocenters. The van der Waals surface area contributed by atoms with Crippen LogP contribution < -0.4 is 15.5 Å². The molecule has 152 valence electrons. The van der Waals surface area contributed by atoms with Crippen molar-refractivity contribution in [3.8, 4) is 5.75 Å². The molecule has 2 N–H and O–H groups in total. The van der Waals surface area contributed by atoms with E-state index in [1.807, 2.05) is 54.6 Å². The molecule has 1 aliphatic carbocycles. The second-order valence-electron chi connectivity index (χ2n) is 7.18. The molecule has 6 nitrogen and oxygen atoms in total. The molecule has 1 fully saturated rings. The minimum absolute atomic E-state index is 0.196. The number of rotatable bonds is 8. The molecular weight excluding hydrogens is 366 g/mol. The Morgan fingerprint density at radius 1 is 0.966 bits per heavy atom. The van der Waals surface area contributed by atoms with Gasteiger partial charge in [0, 0.05) is 11.6 Å². The number of amides is 2. The quantitative estimate of drug-likeness (QED) is 0.409. The zero-order valence-electron chi connectivity index (χ0n) is 16.5. The van der Waals surface area contributed by atoms with E-state index < -0.39 is 5.91 Å². The number of carbonyl (C=O) groups is 2. The third-order valence-electron chi connectivity index (χ3n) is 4.84. The van der Waals surface area contributed by atoms with Crippen LogP contribution >= 0.6 is 0 Å². The van der Waals surface area contributed by atoms with Crippen molar-refractivity contribution >= 4 is 18.0 Å². The Bertz CT molecular complexity index is 830. The second-order valence-corrected chi connectivity index (χ2v) is 7.18. The van der Waals surface area contributed by atoms with Crippen molar-refractivity contribution in [2.75, 3.05) is 0 Å². The summed E-state index contributed by atoms with van der Waals surface area (Å²) in [4.78, 5) is 23.9. The number of benzene rings is 2. The Hall–Kier alpha value is -3.15. The first-order valence-electron chi connectivity index (χ1n) is 10.1. The summed E-state index contributed by atoms with van der Waals surface area (Å²) >= 11 is 0. The van der Waals surface area contributed by atoms with E-state index in [4.69, 9.17) is 4.74 Å². The Morgan fingerprint density at radius 2 is 1.69 bits per heavy atom. The van der Waals surface area contributed by atoms with Gasteiger partial charge in [-0.05, 0) is 30.5 Å². The minimum atomic E-state index is -0.433. The first kappa shape index (κ1) is 20.6. The first-order valence-corrected chi connectivity index (χ1v) is 10.1. The van der Waals surface area contributed by atoms with Gasteiger partial charge in [-0.25, -0.2) is 5.43 Å². The Kier molecular flexibility index (Phi) is 7.81. The highest BCUT2D eigenvalue weighted by molar-refractivity contribution is 5.97. The predicted octanol–water partition coefficient (Wildman–Crippen LogP) is 3.55. The van der Waals surface area contributed by atoms with Crippen LogP contribution in [-0.2, 0) is 16.2 Å². The van der Waals surface area contributed by atoms with Gasteiger partial charge in [0.1, 0.15) is 18.8 Å². The van der Waals surface area contributed by atoms with E-state index in [1.54, 1.807) is 0 Å². The van der Waals surface area contributed by atoms with Gasteiger partial charge in [-0.3, -0.25) is 9.59 Å². The number of hydrogen-bond donors (Lipinski definition) is 2. The lowest BCUT2D eigenvalue weighted by Crippen LogP contribution is -2.38. The number of carbonyl (C=O) groups excluding carboxylic acids is 2. The molecule has 2 aromatic carbocycles. The first-order chi connectivity index (χ1) is 14.2. The third kappa shape index (κ3) is 7.07. The highest BCUT2D eigenvalue weighted by Crippen LogP contribution is 2.18. The van der Waals surface area contributed by atoms with Crippen LogP contribution in [0.15, 0.2) is 59.7 Å². The summed E-state index contributed by atoms with van der Waals surface area (Å²) in [6.07, 6.45) is 6.77. The summed E-state index contributed by atoms with van der Waals surface area (Å²) in [6, 6.07) is 17.5. The molecule has 0 aromatic heterocycles. The third-order valence-corrected chi connectivity index (χ3v) is 4.84. The van der Waals surface area contributed by atoms with Gasteiger partial charge in [-0.1, -0.05) is 61.7 Å². The molecule has 3 rings (SSSR count). The van der Waals surface area contributed by atoms with Crippen LogP contribution in [0, 0.1) is 0 Å². The maximum Gasteiger partial charge on any atom is 0.249 e. The highest BCUT2D eigenvalue weighted by Gasteiger charge is 2.17. The number of nitrogens with zero attached hydrogens (tertiary/aromatic N) is 1. The van der Waals surface area contributed by atoms with Crippen LogP contribution in [0.5, 0.6) is 5.75 Å². The summed E-state index contributed by atoms with van der Waals surface area (Å²) in [5, 5.41) is 6.90. The maximum atomic E-state index is 12.0. The average molecular weight is 393 g/mol. The summed E-state index contributed by atoms with van der Waals surface area (Å²) < 4.78 is 5.86. The lowest BCUT2D eigenvalue weighted by atomic mass is 9.95. The van der Waals surface area contributed by atoms with Crippen LogP contribution in [0.2, 0.25) is 0 Å². The number of nitrogens with one attached hydrogen (secondary N) is 2. The summed E-state index contributed by atoms with van der Waals surface area (Å²) in [7, 11) is 0. The maximum absolute atomic E-state index is 12.0. The van der Waals surface area contributed by atoms with Crippen molar-refractivity contribution in [1.29, 1.82) is 0 Å². The number of para-hydroxylation sites is 1. The van der Waals surface area contributed by atoms with Crippen molar-refractivity contribution in [2.24, 2.45) is 5.10 Å². The van der Waals surface area contributed by atoms with E-state index in [0.29, 0.717) is 12.4 Å². The number of hydrogen-bond acceptors (Lipinski definition) is 4. The van der Waals surface area contributed by atoms with Gasteiger partial charge in [0.05, 0.1) is 6.21 Å². The van der Waals surface area contributed by atoms with Gasteiger partial charge in [0.2, 0.25) is 11.8 Å². The molecular formula is C23H27N3O3. The minimum Gasteiger partial charge on any atom is -0.488 e. The predicted molar refractivity (Wildman–Crippen MR) is 113 cm³/mol. The molecule has 1 saturated carbocycles. The fraction of sp³-hybridized carbons (Fsp3) is 0.348. The van der Waals surface area contributed by atoms with Crippen LogP contribution in [0.4, 0.5) is 0 Å². The van der Waals surface area contributed by atoms with Gasteiger partial charge >= 0.3 is 0 Å². The lowest BCUT2D eigenvalue weighted by molar-refractivity contribution is -0.129. The van der Waals surface area contributed by atoms with Crippen molar-refractivity contribution in [1.82, 2.24) is 10.7 Å². The zero-order valence-corrected chi connectivity index (χ0v) is 16.5. The molecule has 0 radical (unpaired) electrons. The Balaban J connectivity index is 1.46. The summed E-state index contributed by atoms with van der Waals surface area (Å²) in [5.74, 6) is -0.0159. The molecule has 0 aliphatic heterocycles. The fourth-order valence-corrected chi connectivity index (χ4v) is 3.34. The normalized spacial score (nSPS) is 14.5. The second kappa shape index (κ2) is 11.0. The molecule has 2 amide bonds. The van der Waals surface area contributed by atoms with E-state index >= 15 is 0 Å². The largest absolute Gasteiger partial charge is 0.488 e. The standard InChI is InChI=1S/C23H27N3O3/c27-22(25-20-12-5-2-6-13-20)15-23(28)26-24-16-19-11-7-8-14-21(19)29-17-18-9-3-1-4-10-18/h1,3-4,7-11,14,16,20H,2,5-6,12-13,15,17H2,(H,25,27)(H,26,28). The van der Waals surface area contributed by atoms with Gasteiger partial charge in [-0.2, -0.15) is 5.10 Å². The molecule has 29 heavy (non-hydrogen) atoms. The van der Waals surface area contributed by atoms with Gasteiger partial charge in [0.25, 0.3) is 0 Å². The van der Waals surface area contributed by atoms with Crippen LogP contribution in [0.1, 0.15) is 49.7 Å². The van der Waals surface area contributed by atoms with Crippen LogP contribution in [0.25, 0.3) is 0 Å². The molecule has 0 heterocycles. The lowest BCUT2D eigenvalue weighted by Gasteiger charge is -2.22. The number of ether oxygens (including phenoxy) is 1.